The van der Waals surface area contributed by atoms with E-state index >= 15 is 0 Å². The van der Waals surface area contributed by atoms with Gasteiger partial charge in [-0.2, -0.15) is 0 Å². The first kappa shape index (κ1) is 14.8. The van der Waals surface area contributed by atoms with E-state index in [1.807, 2.05) is 0 Å². The summed E-state index contributed by atoms with van der Waals surface area (Å²) in [5.41, 5.74) is 5.36. The van der Waals surface area contributed by atoms with E-state index in [-0.39, 0.29) is 17.2 Å². The van der Waals surface area contributed by atoms with E-state index in [9.17, 15) is 13.2 Å². The number of carbonyl (C=O) groups is 1. The fraction of sp³-hybridized carbons (Fsp3) is 0.923. The second-order valence-corrected chi connectivity index (χ2v) is 8.40. The molecule has 1 amide bonds. The number of sulfone groups is 1. The summed E-state index contributed by atoms with van der Waals surface area (Å²) >= 11 is 0. The van der Waals surface area contributed by atoms with Gasteiger partial charge in [-0.25, -0.2) is 8.42 Å². The van der Waals surface area contributed by atoms with E-state index in [0.717, 1.165) is 45.1 Å². The number of primary amides is 1. The van der Waals surface area contributed by atoms with Gasteiger partial charge in [0.1, 0.15) is 9.84 Å². The molecule has 0 aromatic carbocycles. The van der Waals surface area contributed by atoms with E-state index in [2.05, 4.69) is 5.32 Å². The zero-order valence-electron chi connectivity index (χ0n) is 11.5. The number of hydrogen-bond acceptors (Lipinski definition) is 4. The van der Waals surface area contributed by atoms with Crippen molar-refractivity contribution in [2.45, 2.75) is 49.8 Å². The van der Waals surface area contributed by atoms with Gasteiger partial charge in [-0.05, 0) is 44.1 Å². The molecule has 0 aromatic rings. The summed E-state index contributed by atoms with van der Waals surface area (Å²) in [5.74, 6) is 0.570. The molecule has 6 heteroatoms. The third-order valence-corrected chi connectivity index (χ3v) is 6.37. The zero-order chi connectivity index (χ0) is 14.0. The van der Waals surface area contributed by atoms with Crippen LogP contribution in [0.5, 0.6) is 0 Å². The first-order valence-corrected chi connectivity index (χ1v) is 9.05. The first-order valence-electron chi connectivity index (χ1n) is 7.09. The predicted octanol–water partition coefficient (Wildman–Crippen LogP) is 0.443. The van der Waals surface area contributed by atoms with Crippen molar-refractivity contribution in [2.75, 3.05) is 12.8 Å². The lowest BCUT2D eigenvalue weighted by Crippen LogP contribution is -2.48. The molecule has 1 saturated heterocycles. The second kappa shape index (κ2) is 5.79. The van der Waals surface area contributed by atoms with Gasteiger partial charge in [0.15, 0.2) is 0 Å². The molecule has 0 bridgehead atoms. The average molecular weight is 288 g/mol. The molecule has 2 fully saturated rings. The van der Waals surface area contributed by atoms with Crippen molar-refractivity contribution in [3.05, 3.63) is 0 Å². The van der Waals surface area contributed by atoms with Gasteiger partial charge in [0.2, 0.25) is 5.91 Å². The van der Waals surface area contributed by atoms with Crippen molar-refractivity contribution in [1.29, 1.82) is 0 Å². The average Bonchev–Trinajstić information content (AvgIpc) is 2.38. The van der Waals surface area contributed by atoms with E-state index in [1.54, 1.807) is 0 Å². The van der Waals surface area contributed by atoms with Crippen LogP contribution in [-0.4, -0.2) is 38.4 Å². The third-order valence-electron chi connectivity index (χ3n) is 4.73. The van der Waals surface area contributed by atoms with Gasteiger partial charge >= 0.3 is 0 Å². The van der Waals surface area contributed by atoms with Crippen LogP contribution in [0, 0.1) is 11.8 Å². The summed E-state index contributed by atoms with van der Waals surface area (Å²) in [6, 6.07) is -0.239. The number of amides is 1. The zero-order valence-corrected chi connectivity index (χ0v) is 12.3. The highest BCUT2D eigenvalue weighted by Gasteiger charge is 2.36. The van der Waals surface area contributed by atoms with Crippen molar-refractivity contribution in [3.8, 4) is 0 Å². The maximum Gasteiger partial charge on any atom is 0.234 e. The van der Waals surface area contributed by atoms with Gasteiger partial charge in [-0.1, -0.05) is 12.8 Å². The van der Waals surface area contributed by atoms with E-state index < -0.39 is 9.84 Å². The molecule has 19 heavy (non-hydrogen) atoms. The van der Waals surface area contributed by atoms with Crippen molar-refractivity contribution in [3.63, 3.8) is 0 Å². The number of rotatable bonds is 3. The SMILES string of the molecule is CS(=O)(=O)C1CCCC(C2CCNC(C(N)=O)C2)C1. The van der Waals surface area contributed by atoms with Crippen LogP contribution in [0.4, 0.5) is 0 Å². The van der Waals surface area contributed by atoms with Crippen LogP contribution in [-0.2, 0) is 14.6 Å². The summed E-state index contributed by atoms with van der Waals surface area (Å²) in [7, 11) is -2.93. The molecule has 110 valence electrons. The van der Waals surface area contributed by atoms with Crippen LogP contribution in [0.3, 0.4) is 0 Å². The number of carbonyl (C=O) groups excluding carboxylic acids is 1. The lowest BCUT2D eigenvalue weighted by molar-refractivity contribution is -0.121. The number of hydrogen-bond donors (Lipinski definition) is 2. The third kappa shape index (κ3) is 3.69. The maximum atomic E-state index is 11.7. The first-order chi connectivity index (χ1) is 8.88. The molecular formula is C13H24N2O3S. The van der Waals surface area contributed by atoms with Crippen molar-refractivity contribution in [2.24, 2.45) is 17.6 Å². The minimum atomic E-state index is -2.93. The molecule has 0 spiro atoms. The van der Waals surface area contributed by atoms with Gasteiger partial charge in [-0.3, -0.25) is 4.79 Å². The molecule has 0 aromatic heterocycles. The van der Waals surface area contributed by atoms with Gasteiger partial charge in [0.25, 0.3) is 0 Å². The van der Waals surface area contributed by atoms with Crippen molar-refractivity contribution in [1.82, 2.24) is 5.32 Å². The summed E-state index contributed by atoms with van der Waals surface area (Å²) in [6.07, 6.45) is 6.74. The van der Waals surface area contributed by atoms with Gasteiger partial charge in [-0.15, -0.1) is 0 Å². The summed E-state index contributed by atoms with van der Waals surface area (Å²) in [5, 5.41) is 2.95. The van der Waals surface area contributed by atoms with Crippen LogP contribution in [0.1, 0.15) is 38.5 Å². The Morgan fingerprint density at radius 1 is 1.16 bits per heavy atom. The molecular weight excluding hydrogens is 264 g/mol. The van der Waals surface area contributed by atoms with Crippen LogP contribution >= 0.6 is 0 Å². The number of nitrogens with one attached hydrogen (secondary N) is 1. The highest BCUT2D eigenvalue weighted by molar-refractivity contribution is 7.91. The van der Waals surface area contributed by atoms with Crippen molar-refractivity contribution < 1.29 is 13.2 Å². The predicted molar refractivity (Wildman–Crippen MR) is 74.3 cm³/mol. The standard InChI is InChI=1S/C13H24N2O3S/c1-19(17,18)11-4-2-3-9(7-11)10-5-6-15-12(8-10)13(14)16/h9-12,15H,2-8H2,1H3,(H2,14,16). The number of piperidine rings is 1. The minimum absolute atomic E-state index is 0.187. The molecule has 1 heterocycles. The molecule has 1 aliphatic heterocycles. The van der Waals surface area contributed by atoms with Gasteiger partial charge in [0, 0.05) is 6.26 Å². The molecule has 2 aliphatic rings. The Bertz CT molecular complexity index is 435. The molecule has 3 N–H and O–H groups in total. The molecule has 4 unspecified atom stereocenters. The van der Waals surface area contributed by atoms with E-state index in [0.29, 0.717) is 11.8 Å². The molecule has 1 saturated carbocycles. The quantitative estimate of drug-likeness (QED) is 0.789. The Balaban J connectivity index is 1.99. The monoisotopic (exact) mass is 288 g/mol. The summed E-state index contributed by atoms with van der Waals surface area (Å²) in [4.78, 5) is 11.3. The molecule has 1 aliphatic carbocycles. The second-order valence-electron chi connectivity index (χ2n) is 6.07. The van der Waals surface area contributed by atoms with Gasteiger partial charge < -0.3 is 11.1 Å². The van der Waals surface area contributed by atoms with Crippen LogP contribution in [0.15, 0.2) is 0 Å². The van der Waals surface area contributed by atoms with E-state index in [4.69, 9.17) is 5.73 Å². The molecule has 5 nitrogen and oxygen atoms in total. The minimum Gasteiger partial charge on any atom is -0.368 e. The normalized spacial score (nSPS) is 36.9. The topological polar surface area (TPSA) is 89.3 Å². The fourth-order valence-electron chi connectivity index (χ4n) is 3.59. The largest absolute Gasteiger partial charge is 0.368 e. The summed E-state index contributed by atoms with van der Waals surface area (Å²) in [6.45, 7) is 0.804. The highest BCUT2D eigenvalue weighted by atomic mass is 32.2. The lowest BCUT2D eigenvalue weighted by Gasteiger charge is -2.38. The lowest BCUT2D eigenvalue weighted by atomic mass is 9.74. The Morgan fingerprint density at radius 3 is 2.47 bits per heavy atom. The maximum absolute atomic E-state index is 11.7. The van der Waals surface area contributed by atoms with Crippen LogP contribution in [0.25, 0.3) is 0 Å². The summed E-state index contributed by atoms with van der Waals surface area (Å²) < 4.78 is 23.4. The molecule has 2 rings (SSSR count). The Hall–Kier alpha value is -0.620. The fourth-order valence-corrected chi connectivity index (χ4v) is 4.78. The number of nitrogens with two attached hydrogens (primary N) is 1. The Labute approximate surface area is 115 Å². The van der Waals surface area contributed by atoms with E-state index in [1.165, 1.54) is 6.26 Å². The Kier molecular flexibility index (Phi) is 4.50. The smallest absolute Gasteiger partial charge is 0.234 e. The van der Waals surface area contributed by atoms with Crippen LogP contribution in [0.2, 0.25) is 0 Å². The van der Waals surface area contributed by atoms with Crippen LogP contribution < -0.4 is 11.1 Å². The van der Waals surface area contributed by atoms with Crippen molar-refractivity contribution >= 4 is 15.7 Å². The highest BCUT2D eigenvalue weighted by Crippen LogP contribution is 2.37. The molecule has 4 atom stereocenters. The Morgan fingerprint density at radius 2 is 1.84 bits per heavy atom. The molecule has 0 radical (unpaired) electrons. The van der Waals surface area contributed by atoms with Gasteiger partial charge in [0.05, 0.1) is 11.3 Å².